The summed E-state index contributed by atoms with van der Waals surface area (Å²) >= 11 is 7.73. The number of aliphatic hydroxyl groups is 1. The number of halogens is 5. The largest absolute Gasteiger partial charge is 0.393 e. The number of anilines is 1. The minimum absolute atomic E-state index is 0.0209. The molecule has 1 saturated carbocycles. The van der Waals surface area contributed by atoms with Gasteiger partial charge in [-0.1, -0.05) is 170 Å². The fourth-order valence-corrected chi connectivity index (χ4v) is 17.7. The summed E-state index contributed by atoms with van der Waals surface area (Å²) in [6, 6.07) is 63.8. The second-order valence-electron chi connectivity index (χ2n) is 33.6. The van der Waals surface area contributed by atoms with Gasteiger partial charge in [-0.05, 0) is 203 Å². The topological polar surface area (TPSA) is 342 Å². The zero-order valence-corrected chi connectivity index (χ0v) is 73.5. The Balaban J connectivity index is 0.000000145. The lowest BCUT2D eigenvalue weighted by Gasteiger charge is -2.41. The second-order valence-corrected chi connectivity index (χ2v) is 34.9. The monoisotopic (exact) mass is 1740 g/mol. The van der Waals surface area contributed by atoms with Crippen LogP contribution in [0.25, 0.3) is 22.0 Å². The van der Waals surface area contributed by atoms with Gasteiger partial charge in [-0.25, -0.2) is 47.5 Å². The Bertz CT molecular complexity index is 5550. The molecule has 30 heteroatoms. The number of pyridine rings is 1. The molecule has 2 fully saturated rings. The highest BCUT2D eigenvalue weighted by Gasteiger charge is 2.52. The van der Waals surface area contributed by atoms with Crippen molar-refractivity contribution in [3.05, 3.63) is 268 Å². The van der Waals surface area contributed by atoms with Crippen molar-refractivity contribution in [3.63, 3.8) is 0 Å². The fraction of sp³-hybridized carbons (Fsp3) is 0.358. The molecule has 0 bridgehead atoms. The predicted molar refractivity (Wildman–Crippen MR) is 486 cm³/mol. The lowest BCUT2D eigenvalue weighted by molar-refractivity contribution is -0.132. The molecule has 0 radical (unpaired) electrons. The van der Waals surface area contributed by atoms with E-state index in [1.165, 1.54) is 46.0 Å². The molecule has 8 atom stereocenters. The highest BCUT2D eigenvalue weighted by atomic mass is 35.5. The van der Waals surface area contributed by atoms with Crippen molar-refractivity contribution < 1.29 is 46.6 Å². The Morgan fingerprint density at radius 1 is 0.568 bits per heavy atom. The number of aliphatic hydroxyl groups excluding tert-OH is 1. The van der Waals surface area contributed by atoms with Crippen molar-refractivity contribution in [1.29, 1.82) is 0 Å². The molecule has 7 aliphatic rings. The van der Waals surface area contributed by atoms with E-state index in [0.29, 0.717) is 59.4 Å². The van der Waals surface area contributed by atoms with Crippen LogP contribution in [0.2, 0.25) is 5.02 Å². The van der Waals surface area contributed by atoms with Crippen LogP contribution < -0.4 is 34.0 Å². The van der Waals surface area contributed by atoms with Crippen LogP contribution in [0.4, 0.5) is 23.4 Å². The summed E-state index contributed by atoms with van der Waals surface area (Å²) in [5, 5.41) is 14.8. The van der Waals surface area contributed by atoms with E-state index in [0.717, 1.165) is 133 Å². The minimum Gasteiger partial charge on any atom is -0.393 e. The van der Waals surface area contributed by atoms with Crippen molar-refractivity contribution in [2.24, 2.45) is 65.5 Å². The van der Waals surface area contributed by atoms with Gasteiger partial charge in [-0.3, -0.25) is 48.5 Å². The molecule has 0 spiro atoms. The van der Waals surface area contributed by atoms with Crippen LogP contribution in [0.1, 0.15) is 137 Å². The molecule has 6 aliphatic heterocycles. The molecule has 1 aromatic heterocycles. The molecule has 5 amide bonds. The van der Waals surface area contributed by atoms with Crippen LogP contribution in [0.3, 0.4) is 0 Å². The number of nitrogens with one attached hydrogen (secondary N) is 1. The van der Waals surface area contributed by atoms with Crippen LogP contribution in [0, 0.1) is 23.5 Å². The first-order valence-electron chi connectivity index (χ1n) is 41.6. The van der Waals surface area contributed by atoms with Gasteiger partial charge in [0.25, 0.3) is 23.6 Å². The van der Waals surface area contributed by atoms with Gasteiger partial charge < -0.3 is 44.0 Å². The number of nitrogens with two attached hydrogens (primary N) is 5. The van der Waals surface area contributed by atoms with Gasteiger partial charge in [0.15, 0.2) is 40.9 Å². The predicted octanol–water partition coefficient (Wildman–Crippen LogP) is 14.0. The minimum atomic E-state index is -2.94. The molecule has 1 aliphatic carbocycles. The Kier molecular flexibility index (Phi) is 28.5. The normalized spacial score (nSPS) is 23.6. The number of unbranched alkanes of at least 4 members (excludes halogenated alkanes) is 1. The molecule has 16 rings (SSSR count). The number of hydrogen-bond acceptors (Lipinski definition) is 20. The number of likely N-dealkylation sites (tertiary alicyclic amines) is 1. The lowest BCUT2D eigenvalue weighted by atomic mass is 9.74. The van der Waals surface area contributed by atoms with E-state index < -0.39 is 51.2 Å². The molecule has 12 N–H and O–H groups in total. The van der Waals surface area contributed by atoms with Crippen molar-refractivity contribution in [3.8, 4) is 11.1 Å². The number of aliphatic imine (C=N–C) groups is 5. The van der Waals surface area contributed by atoms with E-state index in [1.54, 1.807) is 54.7 Å². The van der Waals surface area contributed by atoms with E-state index in [4.69, 9.17) is 45.3 Å². The van der Waals surface area contributed by atoms with Crippen LogP contribution in [-0.4, -0.2) is 178 Å². The third-order valence-electron chi connectivity index (χ3n) is 24.2. The summed E-state index contributed by atoms with van der Waals surface area (Å²) in [6.45, 7) is 12.0. The zero-order chi connectivity index (χ0) is 90.1. The Hall–Kier alpha value is -12.1. The van der Waals surface area contributed by atoms with Gasteiger partial charge in [0.05, 0.1) is 29.5 Å². The van der Waals surface area contributed by atoms with Gasteiger partial charge in [0, 0.05) is 81.2 Å². The number of likely N-dealkylation sites (N-methyl/N-ethyl adjacent to an activating group) is 2. The van der Waals surface area contributed by atoms with Crippen LogP contribution in [-0.2, 0) is 52.1 Å². The Morgan fingerprint density at radius 3 is 1.79 bits per heavy atom. The van der Waals surface area contributed by atoms with Crippen molar-refractivity contribution in [1.82, 2.24) is 34.4 Å². The number of amides is 5. The quantitative estimate of drug-likeness (QED) is 0.0225. The van der Waals surface area contributed by atoms with Gasteiger partial charge in [-0.15, -0.1) is 11.8 Å². The number of carbonyl (C=O) groups is 5. The highest BCUT2D eigenvalue weighted by Crippen LogP contribution is 2.47. The number of fused-ring (bicyclic) bond motifs is 1. The first-order valence-corrected chi connectivity index (χ1v) is 43.2. The molecule has 1 saturated heterocycles. The van der Waals surface area contributed by atoms with Crippen molar-refractivity contribution in [2.75, 3.05) is 72.5 Å². The summed E-state index contributed by atoms with van der Waals surface area (Å²) in [5.41, 5.74) is 32.1. The van der Waals surface area contributed by atoms with Crippen LogP contribution in [0.5, 0.6) is 0 Å². The maximum Gasteiger partial charge on any atom is 0.270 e. The standard InChI is InChI=1S/C28H27N5O.C22H25ClN4O.C21H23F2N3OS.C12H13F2N3O.C12H21N3O2/c29-27-32-28(22-12-3-1-4-13-22,23-14-5-2-6-15-23)26(34)33(27)20-10-9-19-30-25-18-17-21-11-7-8-16-24(21)31-25;1-22(18-7-3-5-16(11-18)17-6-4-8-19(23)12-17)20(28)27(21(24)25-22)14-15-9-10-26(2)13-15;1-20(15-6-5-7-16(12-15)28-4)17(18(27)26(3)19(24)25-20)13-8-10-14(11-9-13)21(2,22)23;1-12(6-10(18)17(2)11(15)16-12)7-3-8(13)5-9(14)4-7;1-12(10(17)15(2)11(13)14-12)7-8-4-3-5-9(16)6-8/h1-8,11-18H,9-10,19-20H2,(H2,29,32)(H,30,31);3-8,11-12,15H,9-10,13-14H2,1-2H3,(H2,24,25);5-12,17H,1-4H3,(H2,24,25);3-5H,6H2,1-2H3,(H2,15,16);8-9,16H,3-7H2,1-2H3,(H2,13,14)/t;15-,22?;17-,20-;12-;8-,9-,12+/m.0100/s1. The van der Waals surface area contributed by atoms with E-state index in [-0.39, 0.29) is 65.5 Å². The molecule has 125 heavy (non-hydrogen) atoms. The van der Waals surface area contributed by atoms with E-state index >= 15 is 0 Å². The molecular weight excluding hydrogens is 1630 g/mol. The third kappa shape index (κ3) is 20.7. The Morgan fingerprint density at radius 2 is 1.18 bits per heavy atom. The van der Waals surface area contributed by atoms with Gasteiger partial charge >= 0.3 is 0 Å². The number of carbonyl (C=O) groups excluding carboxylic acids is 5. The number of aromatic nitrogens is 1. The number of guanidine groups is 5. The summed E-state index contributed by atoms with van der Waals surface area (Å²) in [6.07, 6.45) is 8.97. The molecular formula is C95H109ClF4N18O6S. The summed E-state index contributed by atoms with van der Waals surface area (Å²) in [7, 11) is 6.84. The fourth-order valence-electron chi connectivity index (χ4n) is 17.1. The van der Waals surface area contributed by atoms with Crippen LogP contribution in [0.15, 0.2) is 242 Å². The Labute approximate surface area is 736 Å². The second kappa shape index (κ2) is 38.6. The number of alkyl halides is 2. The number of nitrogens with zero attached hydrogens (tertiary/aromatic N) is 12. The molecule has 656 valence electrons. The average Bonchev–Trinajstić information content (AvgIpc) is 1.66. The number of rotatable bonds is 19. The van der Waals surface area contributed by atoms with E-state index in [2.05, 4.69) is 54.4 Å². The number of para-hydroxylation sites is 1. The molecule has 1 unspecified atom stereocenters. The molecule has 24 nitrogen and oxygen atoms in total. The summed E-state index contributed by atoms with van der Waals surface area (Å²) < 4.78 is 53.6. The third-order valence-corrected chi connectivity index (χ3v) is 25.2. The average molecular weight is 1740 g/mol. The number of hydrogen-bond donors (Lipinski definition) is 7. The number of benzene rings is 8. The maximum absolute atomic E-state index is 13.8. The zero-order valence-electron chi connectivity index (χ0n) is 72.0. The van der Waals surface area contributed by atoms with Crippen LogP contribution >= 0.6 is 23.4 Å². The maximum atomic E-state index is 13.8. The number of thioether (sulfide) groups is 1. The first-order chi connectivity index (χ1) is 59.4. The molecule has 7 heterocycles. The van der Waals surface area contributed by atoms with Gasteiger partial charge in [0.2, 0.25) is 11.8 Å². The van der Waals surface area contributed by atoms with E-state index in [1.807, 2.05) is 185 Å². The molecule has 8 aromatic carbocycles. The van der Waals surface area contributed by atoms with Crippen molar-refractivity contribution in [2.45, 2.75) is 143 Å². The first kappa shape index (κ1) is 92.1. The molecule has 9 aromatic rings. The summed E-state index contributed by atoms with van der Waals surface area (Å²) in [4.78, 5) is 102. The smallest absolute Gasteiger partial charge is 0.270 e. The van der Waals surface area contributed by atoms with Gasteiger partial charge in [0.1, 0.15) is 28.5 Å². The lowest BCUT2D eigenvalue weighted by Crippen LogP contribution is -2.52. The van der Waals surface area contributed by atoms with Gasteiger partial charge in [-0.2, -0.15) is 0 Å². The summed E-state index contributed by atoms with van der Waals surface area (Å²) in [5.74, 6) is -2.97. The highest BCUT2D eigenvalue weighted by molar-refractivity contribution is 7.98. The van der Waals surface area contributed by atoms with E-state index in [9.17, 15) is 46.6 Å². The SMILES string of the molecule is CN1C(=O)C[C@@](C)(c2cc(F)cc(F)c2)N=C1N.CN1C(=O)[C@@](C)(C[C@H]2CCC[C@H](O)C2)N=C1N.CN1CC[C@H](CN2C(=O)C(C)(c3cccc(-c4cccc(Cl)c4)c3)N=C2N)C1.CSc1cccc([C@@]2(C)N=C(N)N(C)C(=O)[C@H]2c2ccc(C(C)(F)F)cc2)c1.NC1=NC(c2ccccc2)(c2ccccc2)C(=O)N1CCCCNc1ccc2ccccc2n1. The van der Waals surface area contributed by atoms with Crippen molar-refractivity contribution >= 4 is 99.4 Å².